The van der Waals surface area contributed by atoms with Gasteiger partial charge in [0, 0.05) is 19.1 Å². The number of carbonyl (C=O) groups is 4. The number of hydrogen-bond acceptors (Lipinski definition) is 8. The maximum atomic E-state index is 12.3. The van der Waals surface area contributed by atoms with Crippen LogP contribution < -0.4 is 4.80 Å². The normalized spacial score (nSPS) is 15.4. The van der Waals surface area contributed by atoms with E-state index in [1.54, 1.807) is 0 Å². The fourth-order valence-corrected chi connectivity index (χ4v) is 4.60. The van der Waals surface area contributed by atoms with Gasteiger partial charge in [-0.25, -0.2) is 8.42 Å². The molecule has 2 heterocycles. The smallest absolute Gasteiger partial charge is 0.325 e. The van der Waals surface area contributed by atoms with Crippen LogP contribution in [0.4, 0.5) is 0 Å². The number of imide groups is 1. The van der Waals surface area contributed by atoms with E-state index in [1.807, 2.05) is 0 Å². The number of ether oxygens (including phenoxy) is 1. The van der Waals surface area contributed by atoms with Crippen LogP contribution in [0, 0.1) is 0 Å². The number of amides is 3. The van der Waals surface area contributed by atoms with Gasteiger partial charge in [-0.1, -0.05) is 11.3 Å². The molecule has 1 aromatic carbocycles. The van der Waals surface area contributed by atoms with Crippen LogP contribution >= 0.6 is 11.3 Å². The van der Waals surface area contributed by atoms with Gasteiger partial charge in [0.2, 0.25) is 11.8 Å². The molecule has 0 bridgehead atoms. The molecular weight excluding hydrogens is 422 g/mol. The van der Waals surface area contributed by atoms with Gasteiger partial charge < -0.3 is 9.30 Å². The molecule has 0 radical (unpaired) electrons. The largest absolute Gasteiger partial charge is 0.468 e. The van der Waals surface area contributed by atoms with Gasteiger partial charge in [-0.2, -0.15) is 4.99 Å². The highest BCUT2D eigenvalue weighted by atomic mass is 32.2. The van der Waals surface area contributed by atoms with Crippen LogP contribution in [0.15, 0.2) is 28.1 Å². The minimum absolute atomic E-state index is 0.0611. The number of aromatic nitrogens is 1. The molecule has 1 aliphatic heterocycles. The molecule has 10 nitrogen and oxygen atoms in total. The number of esters is 1. The molecule has 0 atom stereocenters. The molecule has 3 amide bonds. The summed E-state index contributed by atoms with van der Waals surface area (Å²) < 4.78 is 30.2. The quantitative estimate of drug-likeness (QED) is 0.468. The second-order valence-corrected chi connectivity index (χ2v) is 9.35. The number of benzene rings is 1. The molecular formula is C17H17N3O7S2. The van der Waals surface area contributed by atoms with Crippen molar-refractivity contribution in [2.75, 3.05) is 19.9 Å². The highest BCUT2D eigenvalue weighted by molar-refractivity contribution is 7.90. The van der Waals surface area contributed by atoms with Crippen LogP contribution in [0.5, 0.6) is 0 Å². The maximum Gasteiger partial charge on any atom is 0.325 e. The zero-order valence-electron chi connectivity index (χ0n) is 15.6. The summed E-state index contributed by atoms with van der Waals surface area (Å²) in [5, 5.41) is 0. The lowest BCUT2D eigenvalue weighted by molar-refractivity contribution is -0.142. The molecule has 12 heteroatoms. The molecule has 3 rings (SSSR count). The molecule has 1 aliphatic rings. The minimum atomic E-state index is -3.45. The molecule has 0 N–H and O–H groups in total. The molecule has 29 heavy (non-hydrogen) atoms. The summed E-state index contributed by atoms with van der Waals surface area (Å²) >= 11 is 1.01. The lowest BCUT2D eigenvalue weighted by Crippen LogP contribution is -2.34. The molecule has 1 aromatic heterocycles. The molecule has 0 spiro atoms. The first-order chi connectivity index (χ1) is 13.6. The standard InChI is InChI=1S/C17H17N3O7S2/c1-27-16(24)9-19-11-4-3-10(29(2,25)26)7-12(11)28-17(19)18-13(21)8-20-14(22)5-6-15(20)23/h3-4,7H,5-6,8-9H2,1-2H3/b18-17-. The summed E-state index contributed by atoms with van der Waals surface area (Å²) in [4.78, 5) is 52.5. The van der Waals surface area contributed by atoms with Gasteiger partial charge in [0.05, 0.1) is 22.2 Å². The van der Waals surface area contributed by atoms with Crippen LogP contribution in [0.2, 0.25) is 0 Å². The number of carbonyl (C=O) groups excluding carboxylic acids is 4. The molecule has 154 valence electrons. The summed E-state index contributed by atoms with van der Waals surface area (Å²) in [6, 6.07) is 4.34. The van der Waals surface area contributed by atoms with Crippen molar-refractivity contribution in [1.29, 1.82) is 0 Å². The number of nitrogens with zero attached hydrogens (tertiary/aromatic N) is 3. The average molecular weight is 439 g/mol. The number of hydrogen-bond donors (Lipinski definition) is 0. The first kappa shape index (κ1) is 20.9. The third-order valence-electron chi connectivity index (χ3n) is 4.27. The zero-order valence-corrected chi connectivity index (χ0v) is 17.2. The van der Waals surface area contributed by atoms with Gasteiger partial charge >= 0.3 is 5.97 Å². The van der Waals surface area contributed by atoms with Crippen LogP contribution in [0.3, 0.4) is 0 Å². The van der Waals surface area contributed by atoms with Gasteiger partial charge in [-0.3, -0.25) is 24.1 Å². The van der Waals surface area contributed by atoms with E-state index in [4.69, 9.17) is 0 Å². The Labute approximate surface area is 169 Å². The molecule has 0 saturated carbocycles. The predicted octanol–water partition coefficient (Wildman–Crippen LogP) is -0.144. The fourth-order valence-electron chi connectivity index (χ4n) is 2.79. The number of likely N-dealkylation sites (tertiary alicyclic amines) is 1. The fraction of sp³-hybridized carbons (Fsp3) is 0.353. The Morgan fingerprint density at radius 2 is 1.83 bits per heavy atom. The van der Waals surface area contributed by atoms with E-state index in [-0.39, 0.29) is 29.1 Å². The van der Waals surface area contributed by atoms with E-state index in [0.717, 1.165) is 22.5 Å². The Hall–Kier alpha value is -2.86. The predicted molar refractivity (Wildman–Crippen MR) is 101 cm³/mol. The Morgan fingerprint density at radius 1 is 1.17 bits per heavy atom. The topological polar surface area (TPSA) is 132 Å². The lowest BCUT2D eigenvalue weighted by Gasteiger charge is -2.10. The van der Waals surface area contributed by atoms with Crippen molar-refractivity contribution in [3.63, 3.8) is 0 Å². The number of sulfone groups is 1. The number of thiazole rings is 1. The molecule has 2 aromatic rings. The highest BCUT2D eigenvalue weighted by Crippen LogP contribution is 2.22. The monoisotopic (exact) mass is 439 g/mol. The van der Waals surface area contributed by atoms with Gasteiger partial charge in [0.25, 0.3) is 5.91 Å². The molecule has 0 unspecified atom stereocenters. The van der Waals surface area contributed by atoms with Gasteiger partial charge in [0.15, 0.2) is 14.6 Å². The third-order valence-corrected chi connectivity index (χ3v) is 6.42. The molecule has 1 saturated heterocycles. The van der Waals surface area contributed by atoms with Crippen molar-refractivity contribution >= 4 is 55.1 Å². The number of rotatable bonds is 5. The van der Waals surface area contributed by atoms with Crippen LogP contribution in [-0.2, 0) is 40.3 Å². The minimum Gasteiger partial charge on any atom is -0.468 e. The highest BCUT2D eigenvalue weighted by Gasteiger charge is 2.30. The van der Waals surface area contributed by atoms with E-state index in [1.165, 1.54) is 29.9 Å². The SMILES string of the molecule is COC(=O)Cn1/c(=N/C(=O)CN2C(=O)CCC2=O)sc2cc(S(C)(=O)=O)ccc21. The third kappa shape index (κ3) is 4.43. The van der Waals surface area contributed by atoms with Crippen LogP contribution in [0.25, 0.3) is 10.2 Å². The number of methoxy groups -OCH3 is 1. The summed E-state index contributed by atoms with van der Waals surface area (Å²) in [7, 11) is -2.24. The summed E-state index contributed by atoms with van der Waals surface area (Å²) in [6.07, 6.45) is 1.19. The first-order valence-electron chi connectivity index (χ1n) is 8.41. The Kier molecular flexibility index (Phi) is 5.66. The van der Waals surface area contributed by atoms with Crippen molar-refractivity contribution in [3.05, 3.63) is 23.0 Å². The van der Waals surface area contributed by atoms with Crippen molar-refractivity contribution in [3.8, 4) is 0 Å². The number of fused-ring (bicyclic) bond motifs is 1. The van der Waals surface area contributed by atoms with E-state index in [2.05, 4.69) is 9.73 Å². The molecule has 0 aliphatic carbocycles. The van der Waals surface area contributed by atoms with E-state index in [0.29, 0.717) is 10.2 Å². The van der Waals surface area contributed by atoms with Crippen molar-refractivity contribution in [2.45, 2.75) is 24.3 Å². The Morgan fingerprint density at radius 3 is 2.41 bits per heavy atom. The maximum absolute atomic E-state index is 12.3. The van der Waals surface area contributed by atoms with E-state index in [9.17, 15) is 27.6 Å². The molecule has 1 fully saturated rings. The summed E-state index contributed by atoms with van der Waals surface area (Å²) in [6.45, 7) is -0.735. The summed E-state index contributed by atoms with van der Waals surface area (Å²) in [5.74, 6) is -2.19. The first-order valence-corrected chi connectivity index (χ1v) is 11.1. The second-order valence-electron chi connectivity index (χ2n) is 6.33. The van der Waals surface area contributed by atoms with Crippen molar-refractivity contribution in [1.82, 2.24) is 9.47 Å². The lowest BCUT2D eigenvalue weighted by atomic mass is 10.3. The van der Waals surface area contributed by atoms with E-state index < -0.39 is 40.1 Å². The zero-order chi connectivity index (χ0) is 21.3. The van der Waals surface area contributed by atoms with Gasteiger partial charge in [0.1, 0.15) is 13.1 Å². The summed E-state index contributed by atoms with van der Waals surface area (Å²) in [5.41, 5.74) is 0.493. The van der Waals surface area contributed by atoms with Crippen LogP contribution in [-0.4, -0.2) is 61.5 Å². The van der Waals surface area contributed by atoms with Crippen molar-refractivity contribution < 1.29 is 32.3 Å². The average Bonchev–Trinajstić information content (AvgIpc) is 3.14. The second kappa shape index (κ2) is 7.87. The van der Waals surface area contributed by atoms with Crippen LogP contribution in [0.1, 0.15) is 12.8 Å². The Bertz CT molecular complexity index is 1190. The van der Waals surface area contributed by atoms with Gasteiger partial charge in [-0.15, -0.1) is 0 Å². The van der Waals surface area contributed by atoms with Crippen molar-refractivity contribution in [2.24, 2.45) is 4.99 Å². The Balaban J connectivity index is 2.06. The van der Waals surface area contributed by atoms with Gasteiger partial charge in [-0.05, 0) is 18.2 Å². The van der Waals surface area contributed by atoms with E-state index >= 15 is 0 Å².